The third-order valence-corrected chi connectivity index (χ3v) is 10.7. The van der Waals surface area contributed by atoms with Gasteiger partial charge in [0.25, 0.3) is 23.6 Å². The zero-order valence-corrected chi connectivity index (χ0v) is 34.3. The van der Waals surface area contributed by atoms with Crippen molar-refractivity contribution < 1.29 is 47.9 Å². The number of nitrogens with zero attached hydrogens (tertiary/aromatic N) is 1. The number of anilines is 1. The number of carbonyl (C=O) groups is 7. The minimum absolute atomic E-state index is 0.00908. The van der Waals surface area contributed by atoms with Crippen LogP contribution in [-0.4, -0.2) is 91.4 Å². The van der Waals surface area contributed by atoms with Crippen LogP contribution >= 0.6 is 0 Å². The summed E-state index contributed by atoms with van der Waals surface area (Å²) < 4.78 is 11.3. The van der Waals surface area contributed by atoms with Gasteiger partial charge in [-0.3, -0.25) is 43.8 Å². The van der Waals surface area contributed by atoms with Gasteiger partial charge in [-0.1, -0.05) is 37.1 Å². The van der Waals surface area contributed by atoms with E-state index in [4.69, 9.17) is 14.3 Å². The second-order valence-electron chi connectivity index (χ2n) is 15.2. The zero-order chi connectivity index (χ0) is 43.0. The maximum absolute atomic E-state index is 13.2. The van der Waals surface area contributed by atoms with E-state index in [9.17, 15) is 33.6 Å². The molecule has 2 atom stereocenters. The normalized spacial score (nSPS) is 17.3. The van der Waals surface area contributed by atoms with Gasteiger partial charge in [-0.25, -0.2) is 10.3 Å². The summed E-state index contributed by atoms with van der Waals surface area (Å²) in [5.74, 6) is -2.10. The number of imide groups is 2. The number of rotatable bonds is 22. The molecule has 2 fully saturated rings. The lowest BCUT2D eigenvalue weighted by Crippen LogP contribution is -2.54. The van der Waals surface area contributed by atoms with Crippen molar-refractivity contribution in [2.75, 3.05) is 38.2 Å². The van der Waals surface area contributed by atoms with Crippen molar-refractivity contribution >= 4 is 47.0 Å². The number of amides is 7. The Kier molecular flexibility index (Phi) is 16.4. The molecule has 3 aromatic rings. The number of nitrogens with one attached hydrogen (secondary N) is 5. The first kappa shape index (κ1) is 44.4. The third-order valence-electron chi connectivity index (χ3n) is 10.7. The van der Waals surface area contributed by atoms with Crippen LogP contribution in [0.3, 0.4) is 0 Å². The van der Waals surface area contributed by atoms with Crippen LogP contribution in [0.5, 0.6) is 5.75 Å². The van der Waals surface area contributed by atoms with Crippen molar-refractivity contribution in [2.45, 2.75) is 95.8 Å². The first-order valence-electron chi connectivity index (χ1n) is 21.2. The number of hydroxylamine groups is 1. The van der Waals surface area contributed by atoms with Crippen molar-refractivity contribution in [2.24, 2.45) is 0 Å². The molecule has 0 bridgehead atoms. The molecule has 0 saturated carbocycles. The minimum Gasteiger partial charge on any atom is -0.494 e. The van der Waals surface area contributed by atoms with Crippen molar-refractivity contribution in [3.05, 3.63) is 94.5 Å². The van der Waals surface area contributed by atoms with E-state index in [1.54, 1.807) is 36.4 Å². The number of benzene rings is 3. The predicted octanol–water partition coefficient (Wildman–Crippen LogP) is 4.59. The van der Waals surface area contributed by atoms with Crippen LogP contribution < -0.4 is 31.5 Å². The topological polar surface area (TPSA) is 211 Å². The van der Waals surface area contributed by atoms with Gasteiger partial charge in [0.2, 0.25) is 17.7 Å². The molecule has 16 heteroatoms. The Morgan fingerprint density at radius 2 is 1.54 bits per heavy atom. The maximum atomic E-state index is 13.2. The number of piperidine rings is 1. The Morgan fingerprint density at radius 3 is 2.31 bits per heavy atom. The molecular weight excluding hydrogens is 785 g/mol. The molecule has 0 aromatic heterocycles. The zero-order valence-electron chi connectivity index (χ0n) is 34.3. The first-order chi connectivity index (χ1) is 29.7. The Balaban J connectivity index is 0.772. The number of unbranched alkanes of at least 4 members (excludes halogenated alkanes) is 4. The van der Waals surface area contributed by atoms with Gasteiger partial charge in [-0.2, -0.15) is 0 Å². The summed E-state index contributed by atoms with van der Waals surface area (Å²) in [7, 11) is 0. The Bertz CT molecular complexity index is 2050. The lowest BCUT2D eigenvalue weighted by Gasteiger charge is -2.27. The quantitative estimate of drug-likeness (QED) is 0.0537. The van der Waals surface area contributed by atoms with Gasteiger partial charge in [-0.05, 0) is 99.4 Å². The number of ether oxygens (including phenoxy) is 2. The second kappa shape index (κ2) is 22.5. The Hall–Kier alpha value is -6.13. The summed E-state index contributed by atoms with van der Waals surface area (Å²) in [6.07, 6.45) is 8.35. The molecule has 5 N–H and O–H groups in total. The number of hydrogen-bond acceptors (Lipinski definition) is 11. The summed E-state index contributed by atoms with van der Waals surface area (Å²) in [5.41, 5.74) is 5.17. The summed E-state index contributed by atoms with van der Waals surface area (Å²) in [6.45, 7) is 2.69. The van der Waals surface area contributed by atoms with Gasteiger partial charge in [0.1, 0.15) is 11.8 Å². The van der Waals surface area contributed by atoms with Crippen molar-refractivity contribution in [1.29, 1.82) is 0 Å². The molecule has 2 unspecified atom stereocenters. The lowest BCUT2D eigenvalue weighted by molar-refractivity contribution is -0.186. The van der Waals surface area contributed by atoms with Crippen LogP contribution in [-0.2, 0) is 30.4 Å². The van der Waals surface area contributed by atoms with E-state index in [2.05, 4.69) is 26.7 Å². The lowest BCUT2D eigenvalue weighted by atomic mass is 10.0. The molecule has 6 rings (SSSR count). The van der Waals surface area contributed by atoms with Crippen LogP contribution in [0.1, 0.15) is 124 Å². The number of carbonyl (C=O) groups excluding carboxylic acids is 7. The van der Waals surface area contributed by atoms with E-state index in [0.717, 1.165) is 61.2 Å². The van der Waals surface area contributed by atoms with Crippen molar-refractivity contribution in [3.63, 3.8) is 0 Å². The first-order valence-corrected chi connectivity index (χ1v) is 21.2. The van der Waals surface area contributed by atoms with Crippen molar-refractivity contribution in [3.8, 4) is 5.75 Å². The van der Waals surface area contributed by atoms with Crippen LogP contribution in [0.15, 0.2) is 66.7 Å². The van der Waals surface area contributed by atoms with Crippen LogP contribution in [0.25, 0.3) is 0 Å². The number of fused-ring (bicyclic) bond motifs is 1. The molecule has 0 spiro atoms. The molecule has 3 aromatic carbocycles. The highest BCUT2D eigenvalue weighted by Gasteiger charge is 2.45. The SMILES string of the molecule is O=C(CCCCOc1ccc(CCNC(=O)c2cccc(C(=O)NOC3CCCCO3)c2)cc1)NCCCCCCNc1cccc2c1C(=O)N(C1CCC(=O)NC1=O)C2=O. The third kappa shape index (κ3) is 12.7. The fourth-order valence-corrected chi connectivity index (χ4v) is 7.34. The largest absolute Gasteiger partial charge is 0.494 e. The molecule has 61 heavy (non-hydrogen) atoms. The average Bonchev–Trinajstić information content (AvgIpc) is 3.53. The van der Waals surface area contributed by atoms with Crippen LogP contribution in [0, 0.1) is 0 Å². The number of hydrogen-bond donors (Lipinski definition) is 5. The fourth-order valence-electron chi connectivity index (χ4n) is 7.34. The molecule has 7 amide bonds. The van der Waals surface area contributed by atoms with E-state index in [1.165, 1.54) is 6.07 Å². The van der Waals surface area contributed by atoms with E-state index in [-0.39, 0.29) is 35.8 Å². The van der Waals surface area contributed by atoms with E-state index >= 15 is 0 Å². The van der Waals surface area contributed by atoms with Gasteiger partial charge in [-0.15, -0.1) is 0 Å². The van der Waals surface area contributed by atoms with E-state index in [0.29, 0.717) is 75.3 Å². The van der Waals surface area contributed by atoms with Crippen molar-refractivity contribution in [1.82, 2.24) is 26.3 Å². The summed E-state index contributed by atoms with van der Waals surface area (Å²) in [5, 5.41) is 11.3. The van der Waals surface area contributed by atoms with Gasteiger partial charge < -0.3 is 25.4 Å². The average molecular weight is 839 g/mol. The molecule has 2 saturated heterocycles. The highest BCUT2D eigenvalue weighted by atomic mass is 16.8. The molecule has 3 heterocycles. The highest BCUT2D eigenvalue weighted by molar-refractivity contribution is 6.25. The van der Waals surface area contributed by atoms with Gasteiger partial charge in [0.05, 0.1) is 17.7 Å². The second-order valence-corrected chi connectivity index (χ2v) is 15.2. The van der Waals surface area contributed by atoms with Gasteiger partial charge >= 0.3 is 0 Å². The molecule has 3 aliphatic rings. The standard InChI is InChI=1S/C45H54N6O10/c52-37(47-25-6-2-1-5-24-46-35-14-10-13-34-40(35)45(58)51(44(34)57)36-21-22-38(53)49-43(36)56)15-3-7-27-59-33-19-17-30(18-20-33)23-26-48-41(54)31-11-9-12-32(29-31)42(55)50-61-39-16-4-8-28-60-39/h9-14,17-20,29,36,39,46H,1-8,15-16,21-28H2,(H,47,52)(H,48,54)(H,50,55)(H,49,53,56). The Morgan fingerprint density at radius 1 is 0.770 bits per heavy atom. The summed E-state index contributed by atoms with van der Waals surface area (Å²) in [6, 6.07) is 18.1. The van der Waals surface area contributed by atoms with Crippen LogP contribution in [0.2, 0.25) is 0 Å². The summed E-state index contributed by atoms with van der Waals surface area (Å²) in [4.78, 5) is 94.1. The van der Waals surface area contributed by atoms with Gasteiger partial charge in [0, 0.05) is 62.3 Å². The highest BCUT2D eigenvalue weighted by Crippen LogP contribution is 2.32. The maximum Gasteiger partial charge on any atom is 0.274 e. The molecule has 16 nitrogen and oxygen atoms in total. The van der Waals surface area contributed by atoms with E-state index in [1.807, 2.05) is 24.3 Å². The molecule has 324 valence electrons. The smallest absolute Gasteiger partial charge is 0.274 e. The molecule has 3 aliphatic heterocycles. The molecular formula is C45H54N6O10. The monoisotopic (exact) mass is 838 g/mol. The molecule has 0 radical (unpaired) electrons. The van der Waals surface area contributed by atoms with Crippen LogP contribution in [0.4, 0.5) is 5.69 Å². The van der Waals surface area contributed by atoms with Gasteiger partial charge in [0.15, 0.2) is 6.29 Å². The minimum atomic E-state index is -1.00. The Labute approximate surface area is 354 Å². The summed E-state index contributed by atoms with van der Waals surface area (Å²) >= 11 is 0. The fraction of sp³-hybridized carbons (Fsp3) is 0.444. The molecule has 0 aliphatic carbocycles. The van der Waals surface area contributed by atoms with E-state index < -0.39 is 41.9 Å². The predicted molar refractivity (Wildman–Crippen MR) is 223 cm³/mol.